The van der Waals surface area contributed by atoms with E-state index >= 15 is 0 Å². The van der Waals surface area contributed by atoms with Crippen LogP contribution in [0.5, 0.6) is 0 Å². The number of H-pyrrole nitrogens is 1. The third kappa shape index (κ3) is 3.09. The number of hydrogen-bond acceptors (Lipinski definition) is 4. The van der Waals surface area contributed by atoms with Gasteiger partial charge in [-0.25, -0.2) is 4.39 Å². The van der Waals surface area contributed by atoms with Crippen LogP contribution in [0.25, 0.3) is 10.9 Å². The van der Waals surface area contributed by atoms with Crippen LogP contribution in [0.3, 0.4) is 0 Å². The number of carbonyl (C=O) groups excluding carboxylic acids is 2. The summed E-state index contributed by atoms with van der Waals surface area (Å²) in [7, 11) is 1.19. The molecule has 0 bridgehead atoms. The average Bonchev–Trinajstić information content (AvgIpc) is 2.78. The van der Waals surface area contributed by atoms with Crippen LogP contribution in [0.15, 0.2) is 24.4 Å². The largest absolute Gasteiger partial charge is 0.469 e. The zero-order valence-corrected chi connectivity index (χ0v) is 10.2. The summed E-state index contributed by atoms with van der Waals surface area (Å²) in [6.45, 7) is -0.0285. The Labute approximate surface area is 108 Å². The summed E-state index contributed by atoms with van der Waals surface area (Å²) in [6.07, 6.45) is 1.20. The molecule has 1 aromatic heterocycles. The van der Waals surface area contributed by atoms with Gasteiger partial charge in [0, 0.05) is 22.7 Å². The normalized spacial score (nSPS) is 10.4. The predicted octanol–water partition coefficient (Wildman–Crippen LogP) is 1.91. The smallest absolute Gasteiger partial charge is 0.317 e. The Bertz CT molecular complexity index is 620. The Balaban J connectivity index is 2.04. The molecule has 1 N–H and O–H groups in total. The van der Waals surface area contributed by atoms with Crippen molar-refractivity contribution < 1.29 is 23.5 Å². The second kappa shape index (κ2) is 5.51. The summed E-state index contributed by atoms with van der Waals surface area (Å²) >= 11 is 0. The minimum absolute atomic E-state index is 0.0285. The number of halogens is 1. The van der Waals surface area contributed by atoms with Crippen molar-refractivity contribution in [1.82, 2.24) is 4.98 Å². The fourth-order valence-electron chi connectivity index (χ4n) is 1.67. The lowest BCUT2D eigenvalue weighted by Crippen LogP contribution is -2.12. The number of benzene rings is 1. The molecule has 0 aliphatic heterocycles. The van der Waals surface area contributed by atoms with Gasteiger partial charge in [0.2, 0.25) is 0 Å². The summed E-state index contributed by atoms with van der Waals surface area (Å²) in [4.78, 5) is 25.1. The number of ether oxygens (including phenoxy) is 2. The third-order valence-corrected chi connectivity index (χ3v) is 2.63. The van der Waals surface area contributed by atoms with Crippen molar-refractivity contribution in [2.24, 2.45) is 0 Å². The van der Waals surface area contributed by atoms with Gasteiger partial charge in [0.15, 0.2) is 0 Å². The Morgan fingerprint density at radius 1 is 1.32 bits per heavy atom. The number of hydrogen-bond donors (Lipinski definition) is 1. The van der Waals surface area contributed by atoms with Gasteiger partial charge < -0.3 is 14.5 Å². The average molecular weight is 265 g/mol. The Kier molecular flexibility index (Phi) is 3.79. The summed E-state index contributed by atoms with van der Waals surface area (Å²) < 4.78 is 22.4. The molecule has 0 aliphatic carbocycles. The molecule has 0 aliphatic rings. The molecule has 0 spiro atoms. The van der Waals surface area contributed by atoms with Crippen molar-refractivity contribution >= 4 is 22.8 Å². The first-order valence-corrected chi connectivity index (χ1v) is 5.58. The SMILES string of the molecule is COC(=O)CC(=O)OCc1c[nH]c2ccc(F)cc12. The van der Waals surface area contributed by atoms with Crippen molar-refractivity contribution in [1.29, 1.82) is 0 Å². The number of rotatable bonds is 4. The van der Waals surface area contributed by atoms with Gasteiger partial charge in [0.1, 0.15) is 18.8 Å². The highest BCUT2D eigenvalue weighted by atomic mass is 19.1. The van der Waals surface area contributed by atoms with E-state index in [0.717, 1.165) is 5.52 Å². The van der Waals surface area contributed by atoms with Crippen molar-refractivity contribution in [3.8, 4) is 0 Å². The van der Waals surface area contributed by atoms with E-state index in [1.54, 1.807) is 12.3 Å². The van der Waals surface area contributed by atoms with Gasteiger partial charge >= 0.3 is 11.9 Å². The van der Waals surface area contributed by atoms with Gasteiger partial charge in [0.25, 0.3) is 0 Å². The molecule has 2 aromatic rings. The van der Waals surface area contributed by atoms with E-state index in [0.29, 0.717) is 10.9 Å². The molecular formula is C13H12FNO4. The number of carbonyl (C=O) groups is 2. The molecule has 0 saturated heterocycles. The highest BCUT2D eigenvalue weighted by molar-refractivity contribution is 5.91. The molecule has 0 saturated carbocycles. The van der Waals surface area contributed by atoms with Gasteiger partial charge in [-0.3, -0.25) is 9.59 Å². The summed E-state index contributed by atoms with van der Waals surface area (Å²) in [6, 6.07) is 4.30. The fourth-order valence-corrected chi connectivity index (χ4v) is 1.67. The molecule has 19 heavy (non-hydrogen) atoms. The van der Waals surface area contributed by atoms with Crippen LogP contribution in [-0.4, -0.2) is 24.0 Å². The maximum absolute atomic E-state index is 13.1. The molecule has 100 valence electrons. The molecule has 5 nitrogen and oxygen atoms in total. The van der Waals surface area contributed by atoms with E-state index in [-0.39, 0.29) is 12.4 Å². The molecule has 0 amide bonds. The van der Waals surface area contributed by atoms with Crippen LogP contribution in [0.4, 0.5) is 4.39 Å². The highest BCUT2D eigenvalue weighted by Gasteiger charge is 2.12. The van der Waals surface area contributed by atoms with E-state index in [9.17, 15) is 14.0 Å². The predicted molar refractivity (Wildman–Crippen MR) is 64.7 cm³/mol. The summed E-state index contributed by atoms with van der Waals surface area (Å²) in [5, 5.41) is 0.644. The summed E-state index contributed by atoms with van der Waals surface area (Å²) in [5.74, 6) is -1.71. The number of aromatic nitrogens is 1. The Morgan fingerprint density at radius 2 is 2.11 bits per heavy atom. The van der Waals surface area contributed by atoms with Crippen molar-refractivity contribution in [3.63, 3.8) is 0 Å². The molecule has 1 aromatic carbocycles. The maximum Gasteiger partial charge on any atom is 0.317 e. The summed E-state index contributed by atoms with van der Waals surface area (Å²) in [5.41, 5.74) is 1.40. The van der Waals surface area contributed by atoms with Gasteiger partial charge in [0.05, 0.1) is 7.11 Å². The van der Waals surface area contributed by atoms with Crippen LogP contribution < -0.4 is 0 Å². The lowest BCUT2D eigenvalue weighted by molar-refractivity contribution is -0.153. The van der Waals surface area contributed by atoms with E-state index < -0.39 is 18.4 Å². The third-order valence-electron chi connectivity index (χ3n) is 2.63. The number of methoxy groups -OCH3 is 1. The highest BCUT2D eigenvalue weighted by Crippen LogP contribution is 2.20. The first kappa shape index (κ1) is 13.1. The van der Waals surface area contributed by atoms with E-state index in [2.05, 4.69) is 9.72 Å². The molecule has 1 heterocycles. The quantitative estimate of drug-likeness (QED) is 0.677. The van der Waals surface area contributed by atoms with Crippen LogP contribution >= 0.6 is 0 Å². The van der Waals surface area contributed by atoms with Gasteiger partial charge in [-0.2, -0.15) is 0 Å². The second-order valence-electron chi connectivity index (χ2n) is 3.92. The standard InChI is InChI=1S/C13H12FNO4/c1-18-12(16)5-13(17)19-7-8-6-15-11-3-2-9(14)4-10(8)11/h2-4,6,15H,5,7H2,1H3. The molecule has 0 atom stereocenters. The Morgan fingerprint density at radius 3 is 2.84 bits per heavy atom. The van der Waals surface area contributed by atoms with E-state index in [1.165, 1.54) is 19.2 Å². The van der Waals surface area contributed by atoms with E-state index in [4.69, 9.17) is 4.74 Å². The number of aromatic amines is 1. The molecule has 6 heteroatoms. The van der Waals surface area contributed by atoms with E-state index in [1.807, 2.05) is 0 Å². The molecular weight excluding hydrogens is 253 g/mol. The lowest BCUT2D eigenvalue weighted by Gasteiger charge is -2.03. The molecule has 0 unspecified atom stereocenters. The van der Waals surface area contributed by atoms with Gasteiger partial charge in [-0.1, -0.05) is 0 Å². The minimum atomic E-state index is -0.683. The van der Waals surface area contributed by atoms with Crippen LogP contribution in [0.2, 0.25) is 0 Å². The number of esters is 2. The zero-order valence-electron chi connectivity index (χ0n) is 10.2. The fraction of sp³-hybridized carbons (Fsp3) is 0.231. The zero-order chi connectivity index (χ0) is 13.8. The van der Waals surface area contributed by atoms with Crippen LogP contribution in [-0.2, 0) is 25.7 Å². The monoisotopic (exact) mass is 265 g/mol. The molecule has 2 rings (SSSR count). The lowest BCUT2D eigenvalue weighted by atomic mass is 10.2. The second-order valence-corrected chi connectivity index (χ2v) is 3.92. The van der Waals surface area contributed by atoms with Crippen LogP contribution in [0, 0.1) is 5.82 Å². The van der Waals surface area contributed by atoms with Crippen molar-refractivity contribution in [2.75, 3.05) is 7.11 Å². The Hall–Kier alpha value is -2.37. The van der Waals surface area contributed by atoms with Crippen molar-refractivity contribution in [3.05, 3.63) is 35.8 Å². The first-order chi connectivity index (χ1) is 9.10. The van der Waals surface area contributed by atoms with Crippen LogP contribution in [0.1, 0.15) is 12.0 Å². The van der Waals surface area contributed by atoms with Gasteiger partial charge in [-0.05, 0) is 18.2 Å². The number of nitrogens with one attached hydrogen (secondary N) is 1. The first-order valence-electron chi connectivity index (χ1n) is 5.58. The molecule has 0 radical (unpaired) electrons. The number of fused-ring (bicyclic) bond motifs is 1. The topological polar surface area (TPSA) is 68.4 Å². The van der Waals surface area contributed by atoms with Crippen molar-refractivity contribution in [2.45, 2.75) is 13.0 Å². The molecule has 0 fully saturated rings. The minimum Gasteiger partial charge on any atom is -0.469 e. The van der Waals surface area contributed by atoms with Gasteiger partial charge in [-0.15, -0.1) is 0 Å². The maximum atomic E-state index is 13.1.